The highest BCUT2D eigenvalue weighted by Crippen LogP contribution is 2.31. The van der Waals surface area contributed by atoms with E-state index >= 15 is 0 Å². The number of hydrogen-bond donors (Lipinski definition) is 0. The highest BCUT2D eigenvalue weighted by atomic mass is 16.5. The van der Waals surface area contributed by atoms with Crippen LogP contribution in [-0.2, 0) is 0 Å². The number of ether oxygens (including phenoxy) is 1. The van der Waals surface area contributed by atoms with Gasteiger partial charge in [0.25, 0.3) is 0 Å². The second-order valence-corrected chi connectivity index (χ2v) is 4.54. The number of nitrogens with zero attached hydrogens (tertiary/aromatic N) is 1. The number of benzene rings is 1. The van der Waals surface area contributed by atoms with Gasteiger partial charge in [-0.2, -0.15) is 0 Å². The van der Waals surface area contributed by atoms with E-state index in [1.54, 1.807) is 7.11 Å². The Morgan fingerprint density at radius 2 is 1.78 bits per heavy atom. The van der Waals surface area contributed by atoms with Crippen LogP contribution in [-0.4, -0.2) is 12.1 Å². The molecule has 2 aromatic rings. The molecule has 1 aliphatic carbocycles. The first-order chi connectivity index (χ1) is 8.79. The Bertz CT molecular complexity index is 655. The predicted molar refractivity (Wildman–Crippen MR) is 75.5 cm³/mol. The molecule has 0 aliphatic heterocycles. The largest absolute Gasteiger partial charge is 0.481 e. The molecule has 2 heteroatoms. The number of allylic oxidation sites excluding steroid dienone is 2. The van der Waals surface area contributed by atoms with Crippen LogP contribution in [0.1, 0.15) is 18.2 Å². The van der Waals surface area contributed by atoms with Crippen LogP contribution in [0.3, 0.4) is 0 Å². The van der Waals surface area contributed by atoms with Crippen LogP contribution in [0.5, 0.6) is 5.88 Å². The molecule has 1 heterocycles. The van der Waals surface area contributed by atoms with Crippen LogP contribution in [0.25, 0.3) is 22.9 Å². The molecule has 18 heavy (non-hydrogen) atoms. The third-order valence-corrected chi connectivity index (χ3v) is 3.26. The van der Waals surface area contributed by atoms with Crippen molar-refractivity contribution in [3.8, 4) is 5.88 Å². The smallest absolute Gasteiger partial charge is 0.221 e. The summed E-state index contributed by atoms with van der Waals surface area (Å²) in [6.45, 7) is 2.16. The Kier molecular flexibility index (Phi) is 2.63. The van der Waals surface area contributed by atoms with E-state index in [4.69, 9.17) is 4.74 Å². The van der Waals surface area contributed by atoms with Crippen LogP contribution in [0, 0.1) is 5.92 Å². The standard InChI is InChI=1S/C16H15NO/c1-11-7-9-13-12-5-3-4-6-14(12)16(18-2)17-15(13)10-8-11/h3-11H,1-2H3. The highest BCUT2D eigenvalue weighted by molar-refractivity contribution is 5.96. The minimum Gasteiger partial charge on any atom is -0.481 e. The van der Waals surface area contributed by atoms with Gasteiger partial charge in [-0.05, 0) is 23.4 Å². The minimum absolute atomic E-state index is 0.434. The van der Waals surface area contributed by atoms with Crippen molar-refractivity contribution in [2.24, 2.45) is 5.92 Å². The van der Waals surface area contributed by atoms with Gasteiger partial charge in [0.05, 0.1) is 12.8 Å². The van der Waals surface area contributed by atoms with E-state index in [0.717, 1.165) is 11.1 Å². The summed E-state index contributed by atoms with van der Waals surface area (Å²) in [4.78, 5) is 4.59. The van der Waals surface area contributed by atoms with Crippen molar-refractivity contribution in [3.05, 3.63) is 47.7 Å². The van der Waals surface area contributed by atoms with Crippen molar-refractivity contribution >= 4 is 22.9 Å². The fourth-order valence-electron chi connectivity index (χ4n) is 2.29. The SMILES string of the molecule is COc1nc2c(c3ccccc13)C=CC(C)C=C2. The van der Waals surface area contributed by atoms with E-state index in [2.05, 4.69) is 42.3 Å². The van der Waals surface area contributed by atoms with Crippen molar-refractivity contribution in [1.29, 1.82) is 0 Å². The van der Waals surface area contributed by atoms with Crippen LogP contribution < -0.4 is 4.74 Å². The lowest BCUT2D eigenvalue weighted by Crippen LogP contribution is -1.95. The molecule has 1 unspecified atom stereocenters. The molecule has 0 saturated carbocycles. The third kappa shape index (κ3) is 1.70. The first-order valence-electron chi connectivity index (χ1n) is 6.12. The molecule has 0 radical (unpaired) electrons. The van der Waals surface area contributed by atoms with Crippen molar-refractivity contribution in [2.75, 3.05) is 7.11 Å². The summed E-state index contributed by atoms with van der Waals surface area (Å²) in [7, 11) is 1.67. The van der Waals surface area contributed by atoms with Gasteiger partial charge < -0.3 is 4.74 Å². The van der Waals surface area contributed by atoms with Gasteiger partial charge in [-0.25, -0.2) is 4.98 Å². The number of pyridine rings is 1. The number of methoxy groups -OCH3 is 1. The number of fused-ring (bicyclic) bond motifs is 3. The third-order valence-electron chi connectivity index (χ3n) is 3.26. The van der Waals surface area contributed by atoms with Gasteiger partial charge in [0, 0.05) is 10.9 Å². The Balaban J connectivity index is 2.38. The number of aromatic nitrogens is 1. The minimum atomic E-state index is 0.434. The highest BCUT2D eigenvalue weighted by Gasteiger charge is 2.12. The van der Waals surface area contributed by atoms with Crippen molar-refractivity contribution < 1.29 is 4.74 Å². The summed E-state index contributed by atoms with van der Waals surface area (Å²) >= 11 is 0. The number of hydrogen-bond acceptors (Lipinski definition) is 2. The van der Waals surface area contributed by atoms with Gasteiger partial charge >= 0.3 is 0 Å². The van der Waals surface area contributed by atoms with Gasteiger partial charge in [-0.1, -0.05) is 43.4 Å². The summed E-state index contributed by atoms with van der Waals surface area (Å²) < 4.78 is 5.39. The fourth-order valence-corrected chi connectivity index (χ4v) is 2.29. The molecular formula is C16H15NO. The van der Waals surface area contributed by atoms with E-state index in [-0.39, 0.29) is 0 Å². The average molecular weight is 237 g/mol. The molecule has 0 bridgehead atoms. The molecule has 1 atom stereocenters. The van der Waals surface area contributed by atoms with Crippen molar-refractivity contribution in [1.82, 2.24) is 4.98 Å². The molecule has 0 amide bonds. The summed E-state index contributed by atoms with van der Waals surface area (Å²) in [5.41, 5.74) is 2.15. The summed E-state index contributed by atoms with van der Waals surface area (Å²) in [6.07, 6.45) is 8.59. The Morgan fingerprint density at radius 3 is 2.56 bits per heavy atom. The molecule has 90 valence electrons. The van der Waals surface area contributed by atoms with Gasteiger partial charge in [0.15, 0.2) is 0 Å². The summed E-state index contributed by atoms with van der Waals surface area (Å²) in [5.74, 6) is 1.13. The molecule has 1 aromatic carbocycles. The molecule has 0 spiro atoms. The first-order valence-corrected chi connectivity index (χ1v) is 6.12. The van der Waals surface area contributed by atoms with Crippen LogP contribution in [0.15, 0.2) is 36.4 Å². The molecule has 0 fully saturated rings. The van der Waals surface area contributed by atoms with E-state index in [9.17, 15) is 0 Å². The molecular weight excluding hydrogens is 222 g/mol. The molecule has 2 nitrogen and oxygen atoms in total. The van der Waals surface area contributed by atoms with Gasteiger partial charge in [0.1, 0.15) is 0 Å². The molecule has 1 aliphatic rings. The van der Waals surface area contributed by atoms with E-state index < -0.39 is 0 Å². The van der Waals surface area contributed by atoms with Crippen LogP contribution in [0.4, 0.5) is 0 Å². The average Bonchev–Trinajstić information content (AvgIpc) is 2.60. The fraction of sp³-hybridized carbons (Fsp3) is 0.188. The lowest BCUT2D eigenvalue weighted by atomic mass is 10.0. The maximum absolute atomic E-state index is 5.39. The zero-order valence-electron chi connectivity index (χ0n) is 10.6. The van der Waals surface area contributed by atoms with Crippen molar-refractivity contribution in [3.63, 3.8) is 0 Å². The van der Waals surface area contributed by atoms with Crippen LogP contribution >= 0.6 is 0 Å². The monoisotopic (exact) mass is 237 g/mol. The zero-order valence-corrected chi connectivity index (χ0v) is 10.6. The Hall–Kier alpha value is -2.09. The van der Waals surface area contributed by atoms with Crippen LogP contribution in [0.2, 0.25) is 0 Å². The lowest BCUT2D eigenvalue weighted by Gasteiger charge is -2.09. The van der Waals surface area contributed by atoms with Gasteiger partial charge in [-0.3, -0.25) is 0 Å². The molecule has 0 N–H and O–H groups in total. The maximum atomic E-state index is 5.39. The van der Waals surface area contributed by atoms with Gasteiger partial charge in [0.2, 0.25) is 5.88 Å². The lowest BCUT2D eigenvalue weighted by molar-refractivity contribution is 0.403. The van der Waals surface area contributed by atoms with E-state index in [0.29, 0.717) is 11.8 Å². The Labute approximate surface area is 107 Å². The van der Waals surface area contributed by atoms with E-state index in [1.807, 2.05) is 18.2 Å². The topological polar surface area (TPSA) is 22.1 Å². The Morgan fingerprint density at radius 1 is 1.06 bits per heavy atom. The quantitative estimate of drug-likeness (QED) is 0.750. The van der Waals surface area contributed by atoms with Gasteiger partial charge in [-0.15, -0.1) is 0 Å². The summed E-state index contributed by atoms with van der Waals surface area (Å²) in [5, 5.41) is 2.25. The number of rotatable bonds is 1. The zero-order chi connectivity index (χ0) is 12.5. The van der Waals surface area contributed by atoms with E-state index in [1.165, 1.54) is 10.9 Å². The molecule has 3 rings (SSSR count). The first kappa shape index (κ1) is 11.0. The molecule has 0 saturated heterocycles. The second-order valence-electron chi connectivity index (χ2n) is 4.54. The maximum Gasteiger partial charge on any atom is 0.221 e. The predicted octanol–water partition coefficient (Wildman–Crippen LogP) is 3.92. The molecule has 1 aromatic heterocycles. The second kappa shape index (κ2) is 4.30. The normalized spacial score (nSPS) is 17.6. The van der Waals surface area contributed by atoms with Crippen molar-refractivity contribution in [2.45, 2.75) is 6.92 Å². The summed E-state index contributed by atoms with van der Waals surface area (Å²) in [6, 6.07) is 8.23.